The molecule has 0 fully saturated rings. The molecule has 2 amide bonds. The van der Waals surface area contributed by atoms with Crippen LogP contribution in [0.1, 0.15) is 39.3 Å². The number of carbonyl (C=O) groups is 2. The number of aromatic nitrogens is 5. The molecule has 0 aliphatic heterocycles. The van der Waals surface area contributed by atoms with Crippen LogP contribution in [0.2, 0.25) is 0 Å². The highest BCUT2D eigenvalue weighted by atomic mass is 19.1. The predicted molar refractivity (Wildman–Crippen MR) is 161 cm³/mol. The van der Waals surface area contributed by atoms with E-state index in [-0.39, 0.29) is 17.9 Å². The zero-order valence-electron chi connectivity index (χ0n) is 24.4. The zero-order chi connectivity index (χ0) is 30.6. The molecule has 2 aromatic heterocycles. The summed E-state index contributed by atoms with van der Waals surface area (Å²) in [5.41, 5.74) is 1.28. The maximum absolute atomic E-state index is 14.4. The molecule has 5 rings (SSSR count). The normalized spacial score (nSPS) is 12.1. The number of benzene rings is 3. The van der Waals surface area contributed by atoms with E-state index in [0.717, 1.165) is 15.7 Å². The molecule has 0 bridgehead atoms. The van der Waals surface area contributed by atoms with E-state index >= 15 is 0 Å². The maximum Gasteiger partial charge on any atom is 0.251 e. The van der Waals surface area contributed by atoms with Gasteiger partial charge in [-0.05, 0) is 74.9 Å². The maximum atomic E-state index is 14.4. The summed E-state index contributed by atoms with van der Waals surface area (Å²) >= 11 is 0. The van der Waals surface area contributed by atoms with Crippen LogP contribution in [-0.2, 0) is 16.1 Å². The van der Waals surface area contributed by atoms with E-state index in [1.807, 2.05) is 58.0 Å². The molecule has 0 aliphatic rings. The average molecular weight is 582 g/mol. The number of carbonyl (C=O) groups excluding carboxylic acids is 2. The fourth-order valence-electron chi connectivity index (χ4n) is 4.65. The summed E-state index contributed by atoms with van der Waals surface area (Å²) in [5.74, 6) is -0.724. The van der Waals surface area contributed by atoms with Crippen LogP contribution in [0, 0.1) is 5.82 Å². The Balaban J connectivity index is 1.59. The summed E-state index contributed by atoms with van der Waals surface area (Å²) in [4.78, 5) is 35.2. The summed E-state index contributed by atoms with van der Waals surface area (Å²) in [5, 5.41) is 16.0. The molecule has 220 valence electrons. The van der Waals surface area contributed by atoms with Gasteiger partial charge in [-0.1, -0.05) is 42.5 Å². The summed E-state index contributed by atoms with van der Waals surface area (Å²) < 4.78 is 20.0. The third-order valence-electron chi connectivity index (χ3n) is 6.48. The predicted octanol–water partition coefficient (Wildman–Crippen LogP) is 5.12. The number of hydrogen-bond acceptors (Lipinski definition) is 7. The van der Waals surface area contributed by atoms with Crippen molar-refractivity contribution in [2.24, 2.45) is 0 Å². The third-order valence-corrected chi connectivity index (χ3v) is 6.48. The highest BCUT2D eigenvalue weighted by Gasteiger charge is 2.35. The smallest absolute Gasteiger partial charge is 0.251 e. The molecule has 0 aliphatic carbocycles. The summed E-state index contributed by atoms with van der Waals surface area (Å²) in [6, 6.07) is 21.3. The number of anilines is 1. The van der Waals surface area contributed by atoms with Crippen molar-refractivity contribution < 1.29 is 18.7 Å². The zero-order valence-corrected chi connectivity index (χ0v) is 24.4. The minimum atomic E-state index is -1.08. The molecule has 0 saturated carbocycles. The minimum Gasteiger partial charge on any atom is -0.494 e. The lowest BCUT2D eigenvalue weighted by Crippen LogP contribution is -2.50. The van der Waals surface area contributed by atoms with Crippen molar-refractivity contribution in [3.05, 3.63) is 96.4 Å². The number of tetrazole rings is 1. The van der Waals surface area contributed by atoms with Gasteiger partial charge in [0.25, 0.3) is 5.91 Å². The van der Waals surface area contributed by atoms with Crippen LogP contribution in [0.5, 0.6) is 5.75 Å². The molecular weight excluding hydrogens is 549 g/mol. The first kappa shape index (κ1) is 29.3. The molecule has 2 heterocycles. The van der Waals surface area contributed by atoms with Crippen LogP contribution < -0.4 is 15.0 Å². The molecule has 0 spiro atoms. The fourth-order valence-corrected chi connectivity index (χ4v) is 4.65. The average Bonchev–Trinajstić information content (AvgIpc) is 3.43. The van der Waals surface area contributed by atoms with Gasteiger partial charge in [-0.15, -0.1) is 10.2 Å². The topological polar surface area (TPSA) is 115 Å². The van der Waals surface area contributed by atoms with Crippen molar-refractivity contribution in [2.75, 3.05) is 11.5 Å². The molecule has 11 heteroatoms. The Morgan fingerprint density at radius 2 is 1.74 bits per heavy atom. The molecule has 0 saturated heterocycles. The SMILES string of the molecule is CCOc1ccc([C@@H](C(=O)NC(C)(C)C)N(C(=O)Cn2nnc(-c3ccccc3F)n2)c2cnc3ccccc3c2)cc1. The van der Waals surface area contributed by atoms with E-state index in [2.05, 4.69) is 25.7 Å². The lowest BCUT2D eigenvalue weighted by molar-refractivity contribution is -0.128. The van der Waals surface area contributed by atoms with Crippen LogP contribution in [0.25, 0.3) is 22.3 Å². The Kier molecular flexibility index (Phi) is 8.42. The van der Waals surface area contributed by atoms with Crippen molar-refractivity contribution >= 4 is 28.4 Å². The van der Waals surface area contributed by atoms with Gasteiger partial charge in [0.05, 0.1) is 29.6 Å². The van der Waals surface area contributed by atoms with Gasteiger partial charge < -0.3 is 10.1 Å². The minimum absolute atomic E-state index is 0.0401. The summed E-state index contributed by atoms with van der Waals surface area (Å²) in [7, 11) is 0. The first-order chi connectivity index (χ1) is 20.6. The Hall–Kier alpha value is -5.19. The van der Waals surface area contributed by atoms with E-state index < -0.39 is 29.2 Å². The fraction of sp³-hybridized carbons (Fsp3) is 0.250. The van der Waals surface area contributed by atoms with E-state index in [1.165, 1.54) is 17.0 Å². The van der Waals surface area contributed by atoms with Gasteiger partial charge in [-0.25, -0.2) is 4.39 Å². The molecular formula is C32H32FN7O3. The van der Waals surface area contributed by atoms with Crippen LogP contribution in [0.4, 0.5) is 10.1 Å². The monoisotopic (exact) mass is 581 g/mol. The molecule has 43 heavy (non-hydrogen) atoms. The Bertz CT molecular complexity index is 1750. The Morgan fingerprint density at radius 3 is 2.47 bits per heavy atom. The standard InChI is InChI=1S/C32H32FN7O3/c1-5-43-24-16-14-21(15-17-24)29(31(42)35-32(2,3)4)40(23-18-22-10-6-9-13-27(22)34-19-23)28(41)20-39-37-30(36-38-39)25-11-7-8-12-26(25)33/h6-19,29H,5,20H2,1-4H3,(H,35,42)/t29-/m0/s1. The molecule has 5 aromatic rings. The number of fused-ring (bicyclic) bond motifs is 1. The summed E-state index contributed by atoms with van der Waals surface area (Å²) in [6.07, 6.45) is 1.56. The Labute approximate surface area is 248 Å². The number of para-hydroxylation sites is 1. The number of halogens is 1. The van der Waals surface area contributed by atoms with Crippen molar-refractivity contribution in [3.8, 4) is 17.1 Å². The van der Waals surface area contributed by atoms with E-state index in [9.17, 15) is 14.0 Å². The van der Waals surface area contributed by atoms with Gasteiger partial charge in [0.1, 0.15) is 24.2 Å². The molecule has 1 N–H and O–H groups in total. The lowest BCUT2D eigenvalue weighted by atomic mass is 10.0. The second-order valence-corrected chi connectivity index (χ2v) is 10.9. The molecule has 0 radical (unpaired) electrons. The van der Waals surface area contributed by atoms with Crippen LogP contribution in [0.3, 0.4) is 0 Å². The van der Waals surface area contributed by atoms with E-state index in [1.54, 1.807) is 42.6 Å². The molecule has 3 aromatic carbocycles. The summed E-state index contributed by atoms with van der Waals surface area (Å²) in [6.45, 7) is 7.61. The van der Waals surface area contributed by atoms with Crippen molar-refractivity contribution in [1.29, 1.82) is 0 Å². The van der Waals surface area contributed by atoms with Crippen molar-refractivity contribution in [3.63, 3.8) is 0 Å². The molecule has 0 unspecified atom stereocenters. The first-order valence-corrected chi connectivity index (χ1v) is 13.9. The number of ether oxygens (including phenoxy) is 1. The van der Waals surface area contributed by atoms with Gasteiger partial charge in [0, 0.05) is 10.9 Å². The quantitative estimate of drug-likeness (QED) is 0.257. The third kappa shape index (κ3) is 6.83. The highest BCUT2D eigenvalue weighted by molar-refractivity contribution is 6.02. The van der Waals surface area contributed by atoms with Gasteiger partial charge in [0.2, 0.25) is 11.7 Å². The van der Waals surface area contributed by atoms with E-state index in [4.69, 9.17) is 4.74 Å². The van der Waals surface area contributed by atoms with Crippen LogP contribution >= 0.6 is 0 Å². The van der Waals surface area contributed by atoms with E-state index in [0.29, 0.717) is 23.6 Å². The van der Waals surface area contributed by atoms with Gasteiger partial charge in [-0.3, -0.25) is 19.5 Å². The highest BCUT2D eigenvalue weighted by Crippen LogP contribution is 2.31. The molecule has 10 nitrogen and oxygen atoms in total. The number of hydrogen-bond donors (Lipinski definition) is 1. The number of amides is 2. The second kappa shape index (κ2) is 12.4. The Morgan fingerprint density at radius 1 is 1.02 bits per heavy atom. The number of nitrogens with one attached hydrogen (secondary N) is 1. The number of rotatable bonds is 9. The van der Waals surface area contributed by atoms with Gasteiger partial charge >= 0.3 is 0 Å². The van der Waals surface area contributed by atoms with Crippen molar-refractivity contribution in [2.45, 2.75) is 45.8 Å². The first-order valence-electron chi connectivity index (χ1n) is 13.9. The van der Waals surface area contributed by atoms with Gasteiger partial charge in [-0.2, -0.15) is 4.80 Å². The lowest BCUT2D eigenvalue weighted by Gasteiger charge is -2.33. The van der Waals surface area contributed by atoms with Gasteiger partial charge in [0.15, 0.2) is 0 Å². The molecule has 1 atom stereocenters. The van der Waals surface area contributed by atoms with Crippen LogP contribution in [-0.4, -0.2) is 49.2 Å². The van der Waals surface area contributed by atoms with Crippen molar-refractivity contribution in [1.82, 2.24) is 30.5 Å². The second-order valence-electron chi connectivity index (χ2n) is 10.9. The number of pyridine rings is 1. The van der Waals surface area contributed by atoms with Crippen LogP contribution in [0.15, 0.2) is 85.1 Å². The largest absolute Gasteiger partial charge is 0.494 e. The number of nitrogens with zero attached hydrogens (tertiary/aromatic N) is 6.